The minimum Gasteiger partial charge on any atom is -0.445 e. The number of nitrogens with zero attached hydrogens (tertiary/aromatic N) is 4. The number of oxazole rings is 1. The maximum absolute atomic E-state index is 12.5. The minimum atomic E-state index is 0.188. The number of amides is 1. The monoisotopic (exact) mass is 344 g/mol. The van der Waals surface area contributed by atoms with E-state index in [0.29, 0.717) is 18.9 Å². The summed E-state index contributed by atoms with van der Waals surface area (Å²) in [6.07, 6.45) is 7.72. The van der Waals surface area contributed by atoms with Crippen LogP contribution in [0.15, 0.2) is 22.9 Å². The Morgan fingerprint density at radius 2 is 2.20 bits per heavy atom. The van der Waals surface area contributed by atoms with Gasteiger partial charge in [-0.1, -0.05) is 0 Å². The smallest absolute Gasteiger partial charge is 0.223 e. The van der Waals surface area contributed by atoms with Crippen LogP contribution in [-0.4, -0.2) is 45.3 Å². The van der Waals surface area contributed by atoms with Gasteiger partial charge in [0.05, 0.1) is 6.54 Å². The molecule has 7 heteroatoms. The first-order valence-electron chi connectivity index (χ1n) is 9.11. The summed E-state index contributed by atoms with van der Waals surface area (Å²) in [6, 6.07) is 1.90. The summed E-state index contributed by atoms with van der Waals surface area (Å²) in [5.41, 5.74) is 0.938. The van der Waals surface area contributed by atoms with Crippen molar-refractivity contribution in [2.45, 2.75) is 51.1 Å². The Hall–Kier alpha value is -2.15. The van der Waals surface area contributed by atoms with Crippen molar-refractivity contribution in [1.29, 1.82) is 0 Å². The molecule has 0 N–H and O–H groups in total. The van der Waals surface area contributed by atoms with Crippen LogP contribution in [0, 0.1) is 0 Å². The Kier molecular flexibility index (Phi) is 4.83. The summed E-state index contributed by atoms with van der Waals surface area (Å²) in [4.78, 5) is 19.1. The third-order valence-electron chi connectivity index (χ3n) is 5.00. The third-order valence-corrected chi connectivity index (χ3v) is 5.00. The highest BCUT2D eigenvalue weighted by molar-refractivity contribution is 5.76. The van der Waals surface area contributed by atoms with Crippen LogP contribution >= 0.6 is 0 Å². The molecule has 1 fully saturated rings. The first-order chi connectivity index (χ1) is 12.3. The molecule has 7 nitrogen and oxygen atoms in total. The number of hydrogen-bond donors (Lipinski definition) is 0. The molecule has 25 heavy (non-hydrogen) atoms. The largest absolute Gasteiger partial charge is 0.445 e. The van der Waals surface area contributed by atoms with Gasteiger partial charge < -0.3 is 14.1 Å². The van der Waals surface area contributed by atoms with Gasteiger partial charge >= 0.3 is 0 Å². The van der Waals surface area contributed by atoms with E-state index in [1.165, 1.54) is 0 Å². The number of rotatable bonds is 5. The maximum atomic E-state index is 12.5. The van der Waals surface area contributed by atoms with E-state index in [1.807, 2.05) is 21.8 Å². The highest BCUT2D eigenvalue weighted by atomic mass is 16.5. The second kappa shape index (κ2) is 7.39. The standard InChI is InChI=1S/C18H24N4O3/c23-17(3-1-8-22-9-2-7-19-22)21-10-4-16-15(13-21)20-18(25-16)14-5-11-24-12-6-14/h2,7,9,14H,1,3-6,8,10-13H2. The van der Waals surface area contributed by atoms with Crippen molar-refractivity contribution in [3.8, 4) is 0 Å². The van der Waals surface area contributed by atoms with Crippen LogP contribution in [0.25, 0.3) is 0 Å². The quantitative estimate of drug-likeness (QED) is 0.831. The average molecular weight is 344 g/mol. The predicted octanol–water partition coefficient (Wildman–Crippen LogP) is 2.13. The summed E-state index contributed by atoms with van der Waals surface area (Å²) in [5.74, 6) is 2.34. The zero-order valence-electron chi connectivity index (χ0n) is 14.4. The summed E-state index contributed by atoms with van der Waals surface area (Å²) in [7, 11) is 0. The van der Waals surface area contributed by atoms with Crippen LogP contribution in [0.3, 0.4) is 0 Å². The molecule has 0 spiro atoms. The van der Waals surface area contributed by atoms with Crippen LogP contribution < -0.4 is 0 Å². The molecule has 0 aliphatic carbocycles. The number of ether oxygens (including phenoxy) is 1. The zero-order valence-corrected chi connectivity index (χ0v) is 14.4. The van der Waals surface area contributed by atoms with E-state index in [0.717, 1.165) is 69.3 Å². The zero-order chi connectivity index (χ0) is 17.1. The normalized spacial score (nSPS) is 18.3. The molecule has 0 atom stereocenters. The van der Waals surface area contributed by atoms with Gasteiger partial charge in [0.1, 0.15) is 11.5 Å². The molecule has 0 bridgehead atoms. The maximum Gasteiger partial charge on any atom is 0.223 e. The molecule has 2 aromatic rings. The Morgan fingerprint density at radius 3 is 3.00 bits per heavy atom. The van der Waals surface area contributed by atoms with Gasteiger partial charge in [-0.15, -0.1) is 0 Å². The van der Waals surface area contributed by atoms with E-state index in [4.69, 9.17) is 14.1 Å². The van der Waals surface area contributed by atoms with E-state index in [1.54, 1.807) is 6.20 Å². The SMILES string of the molecule is O=C(CCCn1cccn1)N1CCc2oc(C3CCOCC3)nc2C1. The first-order valence-corrected chi connectivity index (χ1v) is 9.11. The molecule has 4 heterocycles. The molecule has 2 aromatic heterocycles. The fraction of sp³-hybridized carbons (Fsp3) is 0.611. The van der Waals surface area contributed by atoms with Crippen molar-refractivity contribution < 1.29 is 13.9 Å². The van der Waals surface area contributed by atoms with Crippen molar-refractivity contribution in [3.05, 3.63) is 35.8 Å². The molecule has 0 saturated carbocycles. The third kappa shape index (κ3) is 3.76. The van der Waals surface area contributed by atoms with Gasteiger partial charge in [0, 0.05) is 57.5 Å². The lowest BCUT2D eigenvalue weighted by molar-refractivity contribution is -0.132. The molecule has 0 radical (unpaired) electrons. The van der Waals surface area contributed by atoms with Gasteiger partial charge in [0.2, 0.25) is 5.91 Å². The van der Waals surface area contributed by atoms with Crippen molar-refractivity contribution in [2.75, 3.05) is 19.8 Å². The Morgan fingerprint density at radius 1 is 1.32 bits per heavy atom. The molecule has 4 rings (SSSR count). The van der Waals surface area contributed by atoms with E-state index >= 15 is 0 Å². The van der Waals surface area contributed by atoms with E-state index < -0.39 is 0 Å². The summed E-state index contributed by atoms with van der Waals surface area (Å²) in [5, 5.41) is 4.16. The van der Waals surface area contributed by atoms with E-state index in [2.05, 4.69) is 5.10 Å². The van der Waals surface area contributed by atoms with Crippen LogP contribution in [0.5, 0.6) is 0 Å². The lowest BCUT2D eigenvalue weighted by Crippen LogP contribution is -2.35. The van der Waals surface area contributed by atoms with Crippen molar-refractivity contribution in [3.63, 3.8) is 0 Å². The summed E-state index contributed by atoms with van der Waals surface area (Å²) >= 11 is 0. The molecule has 0 aromatic carbocycles. The van der Waals surface area contributed by atoms with Crippen molar-refractivity contribution in [2.24, 2.45) is 0 Å². The molecule has 2 aliphatic rings. The van der Waals surface area contributed by atoms with E-state index in [-0.39, 0.29) is 5.91 Å². The van der Waals surface area contributed by atoms with Crippen LogP contribution in [-0.2, 0) is 29.0 Å². The lowest BCUT2D eigenvalue weighted by atomic mass is 10.0. The molecular formula is C18H24N4O3. The highest BCUT2D eigenvalue weighted by Gasteiger charge is 2.28. The molecular weight excluding hydrogens is 320 g/mol. The summed E-state index contributed by atoms with van der Waals surface area (Å²) in [6.45, 7) is 3.62. The van der Waals surface area contributed by atoms with Crippen molar-refractivity contribution >= 4 is 5.91 Å². The number of aryl methyl sites for hydroxylation is 1. The highest BCUT2D eigenvalue weighted by Crippen LogP contribution is 2.30. The van der Waals surface area contributed by atoms with Crippen molar-refractivity contribution in [1.82, 2.24) is 19.7 Å². The van der Waals surface area contributed by atoms with Gasteiger partial charge in [-0.05, 0) is 25.3 Å². The molecule has 2 aliphatic heterocycles. The Bertz CT molecular complexity index is 704. The van der Waals surface area contributed by atoms with Crippen LogP contribution in [0.4, 0.5) is 0 Å². The Labute approximate surface area is 147 Å². The summed E-state index contributed by atoms with van der Waals surface area (Å²) < 4.78 is 13.3. The number of fused-ring (bicyclic) bond motifs is 1. The molecule has 1 saturated heterocycles. The molecule has 0 unspecified atom stereocenters. The Balaban J connectivity index is 1.32. The van der Waals surface area contributed by atoms with Crippen LogP contribution in [0.1, 0.15) is 48.9 Å². The van der Waals surface area contributed by atoms with Gasteiger partial charge in [-0.2, -0.15) is 5.10 Å². The topological polar surface area (TPSA) is 73.4 Å². The lowest BCUT2D eigenvalue weighted by Gasteiger charge is -2.25. The number of aromatic nitrogens is 3. The minimum absolute atomic E-state index is 0.188. The number of hydrogen-bond acceptors (Lipinski definition) is 5. The number of carbonyl (C=O) groups excluding carboxylic acids is 1. The predicted molar refractivity (Wildman–Crippen MR) is 89.9 cm³/mol. The number of carbonyl (C=O) groups is 1. The van der Waals surface area contributed by atoms with Gasteiger partial charge in [0.25, 0.3) is 0 Å². The van der Waals surface area contributed by atoms with Gasteiger partial charge in [-0.25, -0.2) is 4.98 Å². The molecule has 134 valence electrons. The van der Waals surface area contributed by atoms with Crippen LogP contribution in [0.2, 0.25) is 0 Å². The second-order valence-corrected chi connectivity index (χ2v) is 6.75. The first kappa shape index (κ1) is 16.3. The van der Waals surface area contributed by atoms with E-state index in [9.17, 15) is 4.79 Å². The van der Waals surface area contributed by atoms with Gasteiger partial charge in [0.15, 0.2) is 5.89 Å². The average Bonchev–Trinajstić information content (AvgIpc) is 3.31. The van der Waals surface area contributed by atoms with Gasteiger partial charge in [-0.3, -0.25) is 9.48 Å². The second-order valence-electron chi connectivity index (χ2n) is 6.75. The molecule has 1 amide bonds. The fourth-order valence-electron chi connectivity index (χ4n) is 3.53. The fourth-order valence-corrected chi connectivity index (χ4v) is 3.53.